The monoisotopic (exact) mass is 237 g/mol. The highest BCUT2D eigenvalue weighted by molar-refractivity contribution is 7.92. The van der Waals surface area contributed by atoms with Gasteiger partial charge in [0.1, 0.15) is 5.75 Å². The van der Waals surface area contributed by atoms with Crippen LogP contribution in [0, 0.1) is 0 Å². The van der Waals surface area contributed by atoms with Crippen LogP contribution < -0.4 is 5.32 Å². The Balaban J connectivity index is 4.51. The molecule has 2 atom stereocenters. The maximum Gasteiger partial charge on any atom is 0.320 e. The van der Waals surface area contributed by atoms with Crippen LogP contribution in [0.5, 0.6) is 0 Å². The van der Waals surface area contributed by atoms with Crippen LogP contribution in [0.4, 0.5) is 0 Å². The van der Waals surface area contributed by atoms with Crippen molar-refractivity contribution < 1.29 is 17.9 Å². The summed E-state index contributed by atoms with van der Waals surface area (Å²) in [6.45, 7) is 5.96. The van der Waals surface area contributed by atoms with Gasteiger partial charge in [-0.3, -0.25) is 4.79 Å². The standard InChI is InChI=1S/C9H19NO4S/c1-5-10-7(2)8(3)15(12,13)6-9(11)14-4/h7-8,10H,5-6H2,1-4H3. The van der Waals surface area contributed by atoms with E-state index in [4.69, 9.17) is 0 Å². The van der Waals surface area contributed by atoms with Crippen molar-refractivity contribution in [3.05, 3.63) is 0 Å². The molecule has 0 amide bonds. The number of methoxy groups -OCH3 is 1. The second-order valence-corrected chi connectivity index (χ2v) is 5.79. The maximum absolute atomic E-state index is 11.7. The van der Waals surface area contributed by atoms with Crippen molar-refractivity contribution in [3.63, 3.8) is 0 Å². The molecule has 6 heteroatoms. The summed E-state index contributed by atoms with van der Waals surface area (Å²) in [5.74, 6) is -1.27. The van der Waals surface area contributed by atoms with E-state index in [1.54, 1.807) is 13.8 Å². The molecule has 0 saturated heterocycles. The Morgan fingerprint density at radius 3 is 2.33 bits per heavy atom. The summed E-state index contributed by atoms with van der Waals surface area (Å²) in [7, 11) is -2.25. The van der Waals surface area contributed by atoms with Gasteiger partial charge >= 0.3 is 5.97 Å². The van der Waals surface area contributed by atoms with Gasteiger partial charge in [-0.1, -0.05) is 6.92 Å². The smallest absolute Gasteiger partial charge is 0.320 e. The van der Waals surface area contributed by atoms with Crippen LogP contribution in [0.2, 0.25) is 0 Å². The quantitative estimate of drug-likeness (QED) is 0.656. The zero-order valence-electron chi connectivity index (χ0n) is 9.61. The Labute approximate surface area is 91.1 Å². The summed E-state index contributed by atoms with van der Waals surface area (Å²) in [5.41, 5.74) is 0. The lowest BCUT2D eigenvalue weighted by atomic mass is 10.2. The largest absolute Gasteiger partial charge is 0.468 e. The number of hydrogen-bond donors (Lipinski definition) is 1. The molecule has 0 saturated carbocycles. The molecular formula is C9H19NO4S. The molecule has 2 unspecified atom stereocenters. The molecule has 90 valence electrons. The van der Waals surface area contributed by atoms with Gasteiger partial charge in [-0.15, -0.1) is 0 Å². The van der Waals surface area contributed by atoms with Gasteiger partial charge < -0.3 is 10.1 Å². The van der Waals surface area contributed by atoms with Gasteiger partial charge in [0.05, 0.1) is 12.4 Å². The minimum absolute atomic E-state index is 0.176. The molecule has 15 heavy (non-hydrogen) atoms. The second kappa shape index (κ2) is 6.07. The van der Waals surface area contributed by atoms with Gasteiger partial charge in [0.25, 0.3) is 0 Å². The first-order chi connectivity index (χ1) is 6.85. The van der Waals surface area contributed by atoms with Crippen LogP contribution in [0.25, 0.3) is 0 Å². The van der Waals surface area contributed by atoms with Crippen molar-refractivity contribution in [2.75, 3.05) is 19.4 Å². The van der Waals surface area contributed by atoms with E-state index in [0.29, 0.717) is 6.54 Å². The summed E-state index contributed by atoms with van der Waals surface area (Å²) in [4.78, 5) is 10.9. The Kier molecular flexibility index (Phi) is 5.82. The van der Waals surface area contributed by atoms with E-state index in [1.165, 1.54) is 7.11 Å². The fourth-order valence-corrected chi connectivity index (χ4v) is 2.58. The summed E-state index contributed by atoms with van der Waals surface area (Å²) >= 11 is 0. The molecule has 0 aromatic heterocycles. The minimum atomic E-state index is -3.43. The Morgan fingerprint density at radius 2 is 1.93 bits per heavy atom. The first-order valence-electron chi connectivity index (χ1n) is 4.87. The highest BCUT2D eigenvalue weighted by Gasteiger charge is 2.28. The fourth-order valence-electron chi connectivity index (χ4n) is 1.15. The third-order valence-electron chi connectivity index (χ3n) is 2.34. The zero-order valence-corrected chi connectivity index (χ0v) is 10.4. The predicted octanol–water partition coefficient (Wildman–Crippen LogP) is -0.0393. The fraction of sp³-hybridized carbons (Fsp3) is 0.889. The molecule has 0 radical (unpaired) electrons. The number of esters is 1. The molecule has 0 aliphatic rings. The van der Waals surface area contributed by atoms with Crippen LogP contribution in [0.1, 0.15) is 20.8 Å². The summed E-state index contributed by atoms with van der Waals surface area (Å²) < 4.78 is 27.7. The number of carbonyl (C=O) groups excluding carboxylic acids is 1. The van der Waals surface area contributed by atoms with Crippen molar-refractivity contribution in [1.29, 1.82) is 0 Å². The number of carbonyl (C=O) groups is 1. The van der Waals surface area contributed by atoms with Crippen LogP contribution in [0.15, 0.2) is 0 Å². The second-order valence-electron chi connectivity index (χ2n) is 3.43. The number of ether oxygens (including phenoxy) is 1. The minimum Gasteiger partial charge on any atom is -0.468 e. The van der Waals surface area contributed by atoms with Gasteiger partial charge in [-0.2, -0.15) is 0 Å². The predicted molar refractivity (Wildman–Crippen MR) is 58.4 cm³/mol. The SMILES string of the molecule is CCNC(C)C(C)S(=O)(=O)CC(=O)OC. The van der Waals surface area contributed by atoms with Crippen LogP contribution in [0.3, 0.4) is 0 Å². The van der Waals surface area contributed by atoms with E-state index in [1.807, 2.05) is 6.92 Å². The topological polar surface area (TPSA) is 72.5 Å². The Bertz CT molecular complexity index is 299. The van der Waals surface area contributed by atoms with E-state index in [0.717, 1.165) is 0 Å². The highest BCUT2D eigenvalue weighted by Crippen LogP contribution is 2.07. The van der Waals surface area contributed by atoms with Crippen LogP contribution >= 0.6 is 0 Å². The maximum atomic E-state index is 11.7. The zero-order chi connectivity index (χ0) is 12.1. The average Bonchev–Trinajstić information content (AvgIpc) is 2.16. The van der Waals surface area contributed by atoms with Crippen molar-refractivity contribution >= 4 is 15.8 Å². The van der Waals surface area contributed by atoms with E-state index in [9.17, 15) is 13.2 Å². The molecule has 0 aromatic carbocycles. The average molecular weight is 237 g/mol. The van der Waals surface area contributed by atoms with Gasteiger partial charge in [0, 0.05) is 6.04 Å². The Hall–Kier alpha value is -0.620. The third kappa shape index (κ3) is 4.61. The lowest BCUT2D eigenvalue weighted by molar-refractivity contribution is -0.137. The molecule has 0 bridgehead atoms. The van der Waals surface area contributed by atoms with Crippen LogP contribution in [-0.2, 0) is 19.4 Å². The lowest BCUT2D eigenvalue weighted by Gasteiger charge is -2.20. The van der Waals surface area contributed by atoms with Crippen molar-refractivity contribution in [3.8, 4) is 0 Å². The first-order valence-corrected chi connectivity index (χ1v) is 6.58. The molecule has 0 aliphatic heterocycles. The molecule has 0 spiro atoms. The van der Waals surface area contributed by atoms with Gasteiger partial charge in [0.2, 0.25) is 0 Å². The molecule has 0 aromatic rings. The molecule has 1 N–H and O–H groups in total. The van der Waals surface area contributed by atoms with Crippen molar-refractivity contribution in [2.24, 2.45) is 0 Å². The number of rotatable bonds is 6. The van der Waals surface area contributed by atoms with Crippen LogP contribution in [-0.4, -0.2) is 45.1 Å². The third-order valence-corrected chi connectivity index (χ3v) is 4.52. The lowest BCUT2D eigenvalue weighted by Crippen LogP contribution is -2.42. The highest BCUT2D eigenvalue weighted by atomic mass is 32.2. The van der Waals surface area contributed by atoms with Gasteiger partial charge in [-0.25, -0.2) is 8.42 Å². The number of hydrogen-bond acceptors (Lipinski definition) is 5. The first kappa shape index (κ1) is 14.4. The molecule has 0 rings (SSSR count). The molecule has 5 nitrogen and oxygen atoms in total. The van der Waals surface area contributed by atoms with Gasteiger partial charge in [0.15, 0.2) is 9.84 Å². The Morgan fingerprint density at radius 1 is 1.40 bits per heavy atom. The van der Waals surface area contributed by atoms with E-state index >= 15 is 0 Å². The number of sulfone groups is 1. The summed E-state index contributed by atoms with van der Waals surface area (Å²) in [6, 6.07) is -0.176. The molecule has 0 heterocycles. The number of nitrogens with one attached hydrogen (secondary N) is 1. The molecule has 0 fully saturated rings. The van der Waals surface area contributed by atoms with Gasteiger partial charge in [-0.05, 0) is 20.4 Å². The summed E-state index contributed by atoms with van der Waals surface area (Å²) in [5, 5.41) is 2.41. The van der Waals surface area contributed by atoms with E-state index < -0.39 is 26.8 Å². The molecular weight excluding hydrogens is 218 g/mol. The summed E-state index contributed by atoms with van der Waals surface area (Å²) in [6.07, 6.45) is 0. The van der Waals surface area contributed by atoms with E-state index in [-0.39, 0.29) is 6.04 Å². The van der Waals surface area contributed by atoms with Crippen molar-refractivity contribution in [1.82, 2.24) is 5.32 Å². The van der Waals surface area contributed by atoms with E-state index in [2.05, 4.69) is 10.1 Å². The normalized spacial score (nSPS) is 15.7. The molecule has 0 aliphatic carbocycles. The van der Waals surface area contributed by atoms with Crippen molar-refractivity contribution in [2.45, 2.75) is 32.1 Å².